The van der Waals surface area contributed by atoms with E-state index in [0.29, 0.717) is 29.3 Å². The number of non-ortho nitro benzene ring substituents is 1. The first-order valence-corrected chi connectivity index (χ1v) is 13.5. The monoisotopic (exact) mass is 553 g/mol. The summed E-state index contributed by atoms with van der Waals surface area (Å²) in [6.07, 6.45) is 1.38. The Bertz CT molecular complexity index is 1620. The van der Waals surface area contributed by atoms with E-state index in [1.165, 1.54) is 12.1 Å². The Kier molecular flexibility index (Phi) is 6.00. The second kappa shape index (κ2) is 9.62. The molecule has 3 aliphatic rings. The maximum Gasteiger partial charge on any atom is 0.269 e. The first-order chi connectivity index (χ1) is 19.7. The standard InChI is InChI=1S/C31H27N3O7/c1-31(2)40-28-26-16-22(27(39-26)29(28)41-31)30(35)32-20-9-5-17(6-10-20)19-14-23(18-7-11-21(12-8-18)34(36)37)33-24(15-19)25-4-3-13-38-25/h3-15,22,26-29H,16H2,1-2H3,(H,32,35)/t22-,26-,27+,28-,29+/m0/s1. The van der Waals surface area contributed by atoms with Crippen LogP contribution in [0, 0.1) is 16.0 Å². The zero-order valence-electron chi connectivity index (χ0n) is 22.4. The molecule has 3 aliphatic heterocycles. The lowest BCUT2D eigenvalue weighted by Crippen LogP contribution is -2.43. The molecule has 1 amide bonds. The predicted octanol–water partition coefficient (Wildman–Crippen LogP) is 5.83. The summed E-state index contributed by atoms with van der Waals surface area (Å²) < 4.78 is 23.6. The molecule has 208 valence electrons. The number of nitrogens with one attached hydrogen (secondary N) is 1. The van der Waals surface area contributed by atoms with Crippen LogP contribution in [0.15, 0.2) is 83.5 Å². The number of rotatable bonds is 6. The van der Waals surface area contributed by atoms with E-state index in [2.05, 4.69) is 5.32 Å². The second-order valence-electron chi connectivity index (χ2n) is 11.0. The molecule has 0 spiro atoms. The van der Waals surface area contributed by atoms with Crippen LogP contribution in [0.4, 0.5) is 11.4 Å². The van der Waals surface area contributed by atoms with Crippen LogP contribution in [0.1, 0.15) is 20.3 Å². The van der Waals surface area contributed by atoms with Gasteiger partial charge in [0.15, 0.2) is 11.5 Å². The number of amides is 1. The summed E-state index contributed by atoms with van der Waals surface area (Å²) in [5.74, 6) is -0.465. The minimum atomic E-state index is -0.668. The molecule has 0 saturated carbocycles. The number of hydrogen-bond donors (Lipinski definition) is 1. The summed E-state index contributed by atoms with van der Waals surface area (Å²) in [4.78, 5) is 28.6. The molecule has 0 unspecified atom stereocenters. The Morgan fingerprint density at radius 2 is 1.63 bits per heavy atom. The maximum atomic E-state index is 13.2. The van der Waals surface area contributed by atoms with Crippen molar-refractivity contribution in [1.82, 2.24) is 4.98 Å². The molecular formula is C31H27N3O7. The molecule has 2 aromatic carbocycles. The number of ether oxygens (including phenoxy) is 3. The van der Waals surface area contributed by atoms with E-state index in [-0.39, 0.29) is 41.9 Å². The minimum absolute atomic E-state index is 0.0125. The van der Waals surface area contributed by atoms with Gasteiger partial charge in [0.1, 0.15) is 17.9 Å². The highest BCUT2D eigenvalue weighted by molar-refractivity contribution is 5.93. The van der Waals surface area contributed by atoms with Crippen molar-refractivity contribution >= 4 is 17.3 Å². The van der Waals surface area contributed by atoms with Gasteiger partial charge in [-0.3, -0.25) is 14.9 Å². The van der Waals surface area contributed by atoms with Gasteiger partial charge in [-0.15, -0.1) is 0 Å². The maximum absolute atomic E-state index is 13.2. The molecule has 41 heavy (non-hydrogen) atoms. The average Bonchev–Trinajstić information content (AvgIpc) is 3.76. The van der Waals surface area contributed by atoms with Gasteiger partial charge in [-0.1, -0.05) is 12.1 Å². The Labute approximate surface area is 235 Å². The van der Waals surface area contributed by atoms with Crippen LogP contribution in [0.25, 0.3) is 33.8 Å². The van der Waals surface area contributed by atoms with Crippen molar-refractivity contribution in [2.24, 2.45) is 5.92 Å². The third-order valence-electron chi connectivity index (χ3n) is 7.86. The molecule has 3 fully saturated rings. The average molecular weight is 554 g/mol. The van der Waals surface area contributed by atoms with E-state index in [9.17, 15) is 14.9 Å². The number of hydrogen-bond acceptors (Lipinski definition) is 8. The molecule has 2 aromatic heterocycles. The number of carbonyl (C=O) groups excluding carboxylic acids is 1. The first kappa shape index (κ1) is 25.6. The number of anilines is 1. The molecular weight excluding hydrogens is 526 g/mol. The van der Waals surface area contributed by atoms with Crippen LogP contribution < -0.4 is 5.32 Å². The smallest absolute Gasteiger partial charge is 0.269 e. The van der Waals surface area contributed by atoms with E-state index in [1.807, 2.05) is 56.3 Å². The summed E-state index contributed by atoms with van der Waals surface area (Å²) in [5, 5.41) is 14.1. The summed E-state index contributed by atoms with van der Waals surface area (Å²) in [6.45, 7) is 3.77. The van der Waals surface area contributed by atoms with Gasteiger partial charge < -0.3 is 23.9 Å². The predicted molar refractivity (Wildman–Crippen MR) is 149 cm³/mol. The Hall–Kier alpha value is -4.38. The lowest BCUT2D eigenvalue weighted by Gasteiger charge is -2.25. The van der Waals surface area contributed by atoms with E-state index in [0.717, 1.165) is 16.7 Å². The van der Waals surface area contributed by atoms with Gasteiger partial charge in [0.25, 0.3) is 5.69 Å². The van der Waals surface area contributed by atoms with Crippen molar-refractivity contribution in [3.63, 3.8) is 0 Å². The van der Waals surface area contributed by atoms with Crippen molar-refractivity contribution in [3.05, 3.63) is 89.2 Å². The first-order valence-electron chi connectivity index (χ1n) is 13.5. The molecule has 0 radical (unpaired) electrons. The Morgan fingerprint density at radius 1 is 0.927 bits per heavy atom. The minimum Gasteiger partial charge on any atom is -0.463 e. The Balaban J connectivity index is 1.12. The molecule has 7 rings (SSSR count). The highest BCUT2D eigenvalue weighted by atomic mass is 16.8. The summed E-state index contributed by atoms with van der Waals surface area (Å²) in [5.41, 5.74) is 4.50. The third-order valence-corrected chi connectivity index (χ3v) is 7.86. The molecule has 10 nitrogen and oxygen atoms in total. The molecule has 2 bridgehead atoms. The van der Waals surface area contributed by atoms with E-state index < -0.39 is 10.7 Å². The van der Waals surface area contributed by atoms with Gasteiger partial charge in [0.2, 0.25) is 5.91 Å². The normalized spacial score (nSPS) is 25.7. The number of nitro benzene ring substituents is 1. The van der Waals surface area contributed by atoms with Crippen molar-refractivity contribution in [2.45, 2.75) is 50.5 Å². The highest BCUT2D eigenvalue weighted by Gasteiger charge is 2.63. The van der Waals surface area contributed by atoms with Gasteiger partial charge in [0, 0.05) is 23.4 Å². The van der Waals surface area contributed by atoms with Crippen LogP contribution >= 0.6 is 0 Å². The quantitative estimate of drug-likeness (QED) is 0.234. The largest absolute Gasteiger partial charge is 0.463 e. The number of pyridine rings is 1. The molecule has 0 aliphatic carbocycles. The van der Waals surface area contributed by atoms with Gasteiger partial charge >= 0.3 is 0 Å². The van der Waals surface area contributed by atoms with E-state index in [1.54, 1.807) is 24.5 Å². The molecule has 4 aromatic rings. The van der Waals surface area contributed by atoms with Crippen LogP contribution in [-0.2, 0) is 19.0 Å². The number of benzene rings is 2. The van der Waals surface area contributed by atoms with Crippen molar-refractivity contribution in [1.29, 1.82) is 0 Å². The summed E-state index contributed by atoms with van der Waals surface area (Å²) in [7, 11) is 0. The molecule has 10 heteroatoms. The summed E-state index contributed by atoms with van der Waals surface area (Å²) >= 11 is 0. The van der Waals surface area contributed by atoms with Crippen LogP contribution in [0.2, 0.25) is 0 Å². The number of furan rings is 1. The fourth-order valence-electron chi connectivity index (χ4n) is 6.00. The van der Waals surface area contributed by atoms with E-state index in [4.69, 9.17) is 23.6 Å². The number of nitro groups is 1. The lowest BCUT2D eigenvalue weighted by atomic mass is 9.85. The van der Waals surface area contributed by atoms with Gasteiger partial charge in [-0.05, 0) is 79.9 Å². The molecule has 5 heterocycles. The zero-order valence-corrected chi connectivity index (χ0v) is 22.4. The number of nitrogens with zero attached hydrogens (tertiary/aromatic N) is 2. The second-order valence-corrected chi connectivity index (χ2v) is 11.0. The van der Waals surface area contributed by atoms with E-state index >= 15 is 0 Å². The van der Waals surface area contributed by atoms with Crippen LogP contribution in [0.5, 0.6) is 0 Å². The van der Waals surface area contributed by atoms with Crippen LogP contribution in [0.3, 0.4) is 0 Å². The van der Waals surface area contributed by atoms with Crippen molar-refractivity contribution in [2.75, 3.05) is 5.32 Å². The SMILES string of the molecule is CC1(C)O[C@H]2[C@@H](O1)[C@@H]1C[C@H](C(=O)Nc3ccc(-c4cc(-c5ccc([N+](=O)[O-])cc5)nc(-c5ccco5)c4)cc3)[C@H]2O1. The number of aromatic nitrogens is 1. The highest BCUT2D eigenvalue weighted by Crippen LogP contribution is 2.48. The lowest BCUT2D eigenvalue weighted by molar-refractivity contribution is -0.384. The molecule has 1 N–H and O–H groups in total. The van der Waals surface area contributed by atoms with Crippen molar-refractivity contribution < 1.29 is 28.3 Å². The topological polar surface area (TPSA) is 126 Å². The van der Waals surface area contributed by atoms with Crippen molar-refractivity contribution in [3.8, 4) is 33.8 Å². The van der Waals surface area contributed by atoms with Gasteiger partial charge in [-0.25, -0.2) is 4.98 Å². The van der Waals surface area contributed by atoms with Crippen LogP contribution in [-0.4, -0.2) is 46.0 Å². The molecule has 3 saturated heterocycles. The third kappa shape index (κ3) is 4.69. The molecule has 5 atom stereocenters. The summed E-state index contributed by atoms with van der Waals surface area (Å²) in [6, 6.07) is 21.3. The zero-order chi connectivity index (χ0) is 28.3. The van der Waals surface area contributed by atoms with Gasteiger partial charge in [0.05, 0.1) is 35.0 Å². The number of fused-ring (bicyclic) bond motifs is 5. The van der Waals surface area contributed by atoms with Gasteiger partial charge in [-0.2, -0.15) is 0 Å². The fourth-order valence-corrected chi connectivity index (χ4v) is 6.00. The number of carbonyl (C=O) groups is 1. The Morgan fingerprint density at radius 3 is 2.34 bits per heavy atom. The fraction of sp³-hybridized carbons (Fsp3) is 0.290.